The molecule has 0 saturated heterocycles. The van der Waals surface area contributed by atoms with Gasteiger partial charge in [0, 0.05) is 11.6 Å². The average molecular weight is 447 g/mol. The Morgan fingerprint density at radius 2 is 1.90 bits per heavy atom. The molecule has 2 N–H and O–H groups in total. The predicted octanol–water partition coefficient (Wildman–Crippen LogP) is 3.70. The van der Waals surface area contributed by atoms with Gasteiger partial charge in [-0.15, -0.1) is 0 Å². The summed E-state index contributed by atoms with van der Waals surface area (Å²) in [5.41, 5.74) is 1.30. The summed E-state index contributed by atoms with van der Waals surface area (Å²) >= 11 is 12.2. The topological polar surface area (TPSA) is 119 Å². The molecular weight excluding hydrogens is 431 g/mol. The molecule has 3 heterocycles. The normalized spacial score (nSPS) is 11.9. The van der Waals surface area contributed by atoms with Crippen molar-refractivity contribution in [1.82, 2.24) is 29.5 Å². The molecule has 4 rings (SSSR count). The maximum atomic E-state index is 11.0. The maximum Gasteiger partial charge on any atom is 0.338 e. The lowest BCUT2D eigenvalue weighted by atomic mass is 9.84. The van der Waals surface area contributed by atoms with E-state index in [1.54, 1.807) is 10.7 Å². The first kappa shape index (κ1) is 20.1. The van der Waals surface area contributed by atoms with Crippen molar-refractivity contribution in [3.63, 3.8) is 0 Å². The van der Waals surface area contributed by atoms with Gasteiger partial charge in [-0.3, -0.25) is 4.68 Å². The summed E-state index contributed by atoms with van der Waals surface area (Å²) in [7, 11) is 0. The quantitative estimate of drug-likeness (QED) is 0.479. The minimum Gasteiger partial charge on any atom is -0.492 e. The minimum atomic E-state index is -1.12. The monoisotopic (exact) mass is 446 g/mol. The molecule has 30 heavy (non-hydrogen) atoms. The summed E-state index contributed by atoms with van der Waals surface area (Å²) in [6.45, 7) is 4.45. The lowest BCUT2D eigenvalue weighted by Gasteiger charge is -2.26. The molecule has 0 amide bonds. The highest BCUT2D eigenvalue weighted by Crippen LogP contribution is 2.32. The molecule has 0 atom stereocenters. The van der Waals surface area contributed by atoms with Gasteiger partial charge >= 0.3 is 5.97 Å². The molecule has 0 radical (unpaired) electrons. The minimum absolute atomic E-state index is 0.0164. The third-order valence-corrected chi connectivity index (χ3v) is 5.48. The number of hydrogen-bond acceptors (Lipinski definition) is 6. The summed E-state index contributed by atoms with van der Waals surface area (Å²) in [6, 6.07) is 5.44. The van der Waals surface area contributed by atoms with E-state index >= 15 is 0 Å². The van der Waals surface area contributed by atoms with Gasteiger partial charge in [-0.25, -0.2) is 14.5 Å². The first-order chi connectivity index (χ1) is 14.2. The van der Waals surface area contributed by atoms with E-state index in [2.05, 4.69) is 20.2 Å². The van der Waals surface area contributed by atoms with Crippen molar-refractivity contribution < 1.29 is 15.0 Å². The number of nitrogens with zero attached hydrogens (tertiary/aromatic N) is 6. The number of fused-ring (bicyclic) bond motifs is 1. The molecule has 3 aromatic heterocycles. The van der Waals surface area contributed by atoms with Crippen LogP contribution < -0.4 is 0 Å². The summed E-state index contributed by atoms with van der Waals surface area (Å²) in [4.78, 5) is 19.4. The van der Waals surface area contributed by atoms with E-state index < -0.39 is 11.4 Å². The molecule has 0 aliphatic carbocycles. The molecule has 4 aromatic rings. The number of benzene rings is 1. The Morgan fingerprint density at radius 1 is 1.13 bits per heavy atom. The highest BCUT2D eigenvalue weighted by Gasteiger charge is 2.25. The molecule has 1 aromatic carbocycles. The number of carboxylic acids is 1. The van der Waals surface area contributed by atoms with Crippen molar-refractivity contribution >= 4 is 40.2 Å². The summed E-state index contributed by atoms with van der Waals surface area (Å²) in [5, 5.41) is 28.8. The molecule has 9 nitrogen and oxygen atoms in total. The van der Waals surface area contributed by atoms with Gasteiger partial charge in [-0.2, -0.15) is 15.2 Å². The Bertz CT molecular complexity index is 1280. The van der Waals surface area contributed by atoms with Crippen LogP contribution in [-0.2, 0) is 12.0 Å². The maximum absolute atomic E-state index is 11.0. The van der Waals surface area contributed by atoms with Crippen molar-refractivity contribution in [1.29, 1.82) is 0 Å². The highest BCUT2D eigenvalue weighted by molar-refractivity contribution is 6.42. The molecular formula is C19H16Cl2N6O3. The summed E-state index contributed by atoms with van der Waals surface area (Å²) in [6.07, 6.45) is 3.95. The van der Waals surface area contributed by atoms with Gasteiger partial charge in [-0.1, -0.05) is 43.1 Å². The van der Waals surface area contributed by atoms with Crippen LogP contribution in [0.3, 0.4) is 0 Å². The average Bonchev–Trinajstić information content (AvgIpc) is 3.31. The fourth-order valence-corrected chi connectivity index (χ4v) is 3.41. The third-order valence-electron chi connectivity index (χ3n) is 4.74. The molecule has 154 valence electrons. The number of carbonyl (C=O) groups is 1. The van der Waals surface area contributed by atoms with Gasteiger partial charge in [0.2, 0.25) is 5.88 Å². The van der Waals surface area contributed by atoms with Gasteiger partial charge in [0.15, 0.2) is 0 Å². The van der Waals surface area contributed by atoms with E-state index in [1.807, 2.05) is 26.0 Å². The van der Waals surface area contributed by atoms with Gasteiger partial charge in [0.1, 0.15) is 11.0 Å². The molecule has 0 fully saturated rings. The highest BCUT2D eigenvalue weighted by atomic mass is 35.5. The Kier molecular flexibility index (Phi) is 4.87. The van der Waals surface area contributed by atoms with Crippen LogP contribution in [0.2, 0.25) is 10.0 Å². The zero-order valence-corrected chi connectivity index (χ0v) is 17.4. The second-order valence-electron chi connectivity index (χ2n) is 7.37. The van der Waals surface area contributed by atoms with Gasteiger partial charge in [0.25, 0.3) is 5.95 Å². The lowest BCUT2D eigenvalue weighted by molar-refractivity contribution is 0.0697. The first-order valence-corrected chi connectivity index (χ1v) is 9.58. The molecule has 0 bridgehead atoms. The number of aromatic carboxylic acids is 1. The smallest absolute Gasteiger partial charge is 0.338 e. The molecule has 0 saturated carbocycles. The fourth-order valence-electron chi connectivity index (χ4n) is 3.12. The van der Waals surface area contributed by atoms with E-state index in [0.717, 1.165) is 5.56 Å². The van der Waals surface area contributed by atoms with Gasteiger partial charge in [0.05, 0.1) is 34.5 Å². The number of aromatic hydroxyl groups is 1. The van der Waals surface area contributed by atoms with Gasteiger partial charge < -0.3 is 10.2 Å². The molecule has 0 unspecified atom stereocenters. The van der Waals surface area contributed by atoms with E-state index in [9.17, 15) is 9.90 Å². The van der Waals surface area contributed by atoms with Crippen molar-refractivity contribution in [3.05, 3.63) is 58.0 Å². The van der Waals surface area contributed by atoms with Crippen molar-refractivity contribution in [3.8, 4) is 11.8 Å². The Morgan fingerprint density at radius 3 is 2.57 bits per heavy atom. The Labute approximate surface area is 180 Å². The lowest BCUT2D eigenvalue weighted by Crippen LogP contribution is -2.25. The number of halogens is 2. The van der Waals surface area contributed by atoms with Crippen LogP contribution in [0.25, 0.3) is 17.0 Å². The van der Waals surface area contributed by atoms with Crippen molar-refractivity contribution in [2.75, 3.05) is 0 Å². The first-order valence-electron chi connectivity index (χ1n) is 8.82. The molecule has 0 aliphatic rings. The Hall–Kier alpha value is -3.17. The largest absolute Gasteiger partial charge is 0.492 e. The van der Waals surface area contributed by atoms with Crippen LogP contribution >= 0.6 is 23.2 Å². The van der Waals surface area contributed by atoms with Crippen LogP contribution in [0, 0.1) is 0 Å². The third kappa shape index (κ3) is 3.57. The van der Waals surface area contributed by atoms with Crippen LogP contribution in [0.4, 0.5) is 0 Å². The second kappa shape index (κ2) is 7.26. The standard InChI is InChI=1S/C19H16Cl2N6O3/c1-19(2,11-3-4-12(20)13(21)5-11)9-27-15-14(7-23-27)24-18(25-16(15)28)26-8-10(6-22-26)17(29)30/h3-8H,9H2,1-2H3,(H,29,30)(H,24,25,28). The zero-order chi connectivity index (χ0) is 21.6. The SMILES string of the molecule is CC(C)(Cn1ncc2nc(-n3cc(C(=O)O)cn3)nc(O)c21)c1ccc(Cl)c(Cl)c1. The van der Waals surface area contributed by atoms with Crippen molar-refractivity contribution in [2.24, 2.45) is 0 Å². The van der Waals surface area contributed by atoms with E-state index in [-0.39, 0.29) is 17.4 Å². The molecule has 0 aliphatic heterocycles. The van der Waals surface area contributed by atoms with E-state index in [0.29, 0.717) is 27.6 Å². The van der Waals surface area contributed by atoms with Crippen molar-refractivity contribution in [2.45, 2.75) is 25.8 Å². The number of rotatable bonds is 5. The number of carboxylic acid groups (broad SMARTS) is 1. The Balaban J connectivity index is 1.70. The van der Waals surface area contributed by atoms with Crippen LogP contribution in [-0.4, -0.2) is 45.7 Å². The predicted molar refractivity (Wildman–Crippen MR) is 111 cm³/mol. The van der Waals surface area contributed by atoms with E-state index in [1.165, 1.54) is 23.3 Å². The number of hydrogen-bond donors (Lipinski definition) is 2. The second-order valence-corrected chi connectivity index (χ2v) is 8.19. The van der Waals surface area contributed by atoms with Crippen LogP contribution in [0.15, 0.2) is 36.8 Å². The summed E-state index contributed by atoms with van der Waals surface area (Å²) < 4.78 is 2.79. The number of aromatic nitrogens is 6. The zero-order valence-electron chi connectivity index (χ0n) is 15.9. The van der Waals surface area contributed by atoms with E-state index in [4.69, 9.17) is 28.3 Å². The molecule has 0 spiro atoms. The van der Waals surface area contributed by atoms with Crippen LogP contribution in [0.1, 0.15) is 29.8 Å². The fraction of sp³-hybridized carbons (Fsp3) is 0.211. The van der Waals surface area contributed by atoms with Crippen LogP contribution in [0.5, 0.6) is 5.88 Å². The molecule has 11 heteroatoms. The summed E-state index contributed by atoms with van der Waals surface area (Å²) in [5.74, 6) is -1.37. The van der Waals surface area contributed by atoms with Gasteiger partial charge in [-0.05, 0) is 17.7 Å².